The molecule has 1 aliphatic rings. The third kappa shape index (κ3) is 5.32. The largest absolute Gasteiger partial charge is 0.371 e. The second-order valence-electron chi connectivity index (χ2n) is 6.70. The van der Waals surface area contributed by atoms with E-state index in [2.05, 4.69) is 44.9 Å². The van der Waals surface area contributed by atoms with E-state index in [9.17, 15) is 4.79 Å². The van der Waals surface area contributed by atoms with Crippen molar-refractivity contribution in [1.82, 2.24) is 20.4 Å². The van der Waals surface area contributed by atoms with Crippen LogP contribution in [0.2, 0.25) is 0 Å². The van der Waals surface area contributed by atoms with E-state index in [1.807, 2.05) is 30.1 Å². The van der Waals surface area contributed by atoms with Crippen LogP contribution in [0.3, 0.4) is 0 Å². The molecule has 1 aromatic heterocycles. The number of aryl methyl sites for hydroxylation is 1. The van der Waals surface area contributed by atoms with Gasteiger partial charge in [-0.3, -0.25) is 9.48 Å². The number of para-hydroxylation sites is 1. The van der Waals surface area contributed by atoms with Crippen molar-refractivity contribution >= 4 is 11.6 Å². The monoisotopic (exact) mass is 341 g/mol. The van der Waals surface area contributed by atoms with Gasteiger partial charge in [0.25, 0.3) is 0 Å². The van der Waals surface area contributed by atoms with Gasteiger partial charge in [-0.05, 0) is 37.0 Å². The van der Waals surface area contributed by atoms with Crippen molar-refractivity contribution in [3.63, 3.8) is 0 Å². The van der Waals surface area contributed by atoms with E-state index in [0.717, 1.165) is 44.7 Å². The highest BCUT2D eigenvalue weighted by Gasteiger charge is 2.22. The predicted octanol–water partition coefficient (Wildman–Crippen LogP) is 1.42. The maximum Gasteiger partial charge on any atom is 0.233 e. The van der Waals surface area contributed by atoms with Gasteiger partial charge in [0.2, 0.25) is 5.91 Å². The highest BCUT2D eigenvalue weighted by Crippen LogP contribution is 2.22. The van der Waals surface area contributed by atoms with Gasteiger partial charge in [0.15, 0.2) is 0 Å². The number of nitrogens with zero attached hydrogens (tertiary/aromatic N) is 3. The number of hydrogen-bond acceptors (Lipinski definition) is 4. The van der Waals surface area contributed by atoms with Crippen LogP contribution in [-0.4, -0.2) is 48.4 Å². The Balaban J connectivity index is 1.29. The van der Waals surface area contributed by atoms with Crippen molar-refractivity contribution < 1.29 is 4.79 Å². The molecule has 1 aliphatic heterocycles. The van der Waals surface area contributed by atoms with Crippen LogP contribution < -0.4 is 15.5 Å². The number of nitrogens with one attached hydrogen (secondary N) is 2. The summed E-state index contributed by atoms with van der Waals surface area (Å²) in [6.07, 6.45) is 4.97. The van der Waals surface area contributed by atoms with Crippen molar-refractivity contribution in [3.05, 3.63) is 48.3 Å². The van der Waals surface area contributed by atoms with E-state index in [-0.39, 0.29) is 5.91 Å². The summed E-state index contributed by atoms with van der Waals surface area (Å²) in [6.45, 7) is 6.71. The minimum Gasteiger partial charge on any atom is -0.371 e. The van der Waals surface area contributed by atoms with Crippen molar-refractivity contribution in [1.29, 1.82) is 0 Å². The Morgan fingerprint density at radius 1 is 1.32 bits per heavy atom. The first-order chi connectivity index (χ1) is 12.2. The van der Waals surface area contributed by atoms with Crippen molar-refractivity contribution in [2.24, 2.45) is 5.92 Å². The summed E-state index contributed by atoms with van der Waals surface area (Å²) in [6, 6.07) is 10.5. The summed E-state index contributed by atoms with van der Waals surface area (Å²) in [5.41, 5.74) is 2.42. The molecule has 2 N–H and O–H groups in total. The Bertz CT molecular complexity index is 669. The lowest BCUT2D eigenvalue weighted by Gasteiger charge is -2.18. The Hall–Kier alpha value is -2.34. The second-order valence-corrected chi connectivity index (χ2v) is 6.70. The van der Waals surface area contributed by atoms with E-state index in [1.54, 1.807) is 0 Å². The molecule has 134 valence electrons. The summed E-state index contributed by atoms with van der Waals surface area (Å²) < 4.78 is 1.89. The summed E-state index contributed by atoms with van der Waals surface area (Å²) in [7, 11) is 0. The van der Waals surface area contributed by atoms with Gasteiger partial charge in [0.1, 0.15) is 0 Å². The van der Waals surface area contributed by atoms with Crippen LogP contribution in [0.15, 0.2) is 42.7 Å². The first kappa shape index (κ1) is 17.5. The molecule has 0 saturated carbocycles. The first-order valence-electron chi connectivity index (χ1n) is 8.97. The number of amides is 1. The quantitative estimate of drug-likeness (QED) is 0.713. The number of rotatable bonds is 8. The zero-order valence-electron chi connectivity index (χ0n) is 14.8. The fourth-order valence-electron chi connectivity index (χ4n) is 3.18. The molecule has 1 aromatic carbocycles. The van der Waals surface area contributed by atoms with Gasteiger partial charge in [-0.25, -0.2) is 0 Å². The van der Waals surface area contributed by atoms with Crippen LogP contribution >= 0.6 is 0 Å². The number of benzene rings is 1. The molecule has 1 amide bonds. The minimum absolute atomic E-state index is 0.0646. The van der Waals surface area contributed by atoms with Gasteiger partial charge in [-0.1, -0.05) is 18.2 Å². The van der Waals surface area contributed by atoms with Crippen molar-refractivity contribution in [2.45, 2.75) is 19.9 Å². The third-order valence-electron chi connectivity index (χ3n) is 4.56. The summed E-state index contributed by atoms with van der Waals surface area (Å²) in [5.74, 6) is 0.589. The number of carbonyl (C=O) groups is 1. The van der Waals surface area contributed by atoms with Gasteiger partial charge in [-0.15, -0.1) is 0 Å². The van der Waals surface area contributed by atoms with E-state index in [4.69, 9.17) is 0 Å². The van der Waals surface area contributed by atoms with Crippen LogP contribution in [0.25, 0.3) is 0 Å². The number of carbonyl (C=O) groups excluding carboxylic acids is 1. The SMILES string of the molecule is Cc1cnn(CCNCC(=O)NCC2CCN(c3ccccc3)C2)c1. The molecule has 1 atom stereocenters. The zero-order chi connectivity index (χ0) is 17.5. The van der Waals surface area contributed by atoms with Crippen LogP contribution in [0.4, 0.5) is 5.69 Å². The Labute approximate surface area is 149 Å². The molecule has 1 unspecified atom stereocenters. The lowest BCUT2D eigenvalue weighted by atomic mass is 10.1. The normalized spacial score (nSPS) is 17.0. The molecule has 1 saturated heterocycles. The fourth-order valence-corrected chi connectivity index (χ4v) is 3.18. The fraction of sp³-hybridized carbons (Fsp3) is 0.474. The van der Waals surface area contributed by atoms with Gasteiger partial charge >= 0.3 is 0 Å². The highest BCUT2D eigenvalue weighted by molar-refractivity contribution is 5.77. The molecular formula is C19H27N5O. The van der Waals surface area contributed by atoms with Crippen LogP contribution in [-0.2, 0) is 11.3 Å². The van der Waals surface area contributed by atoms with E-state index in [1.165, 1.54) is 5.69 Å². The standard InChI is InChI=1S/C19H27N5O/c1-16-11-22-24(14-16)10-8-20-13-19(25)21-12-17-7-9-23(15-17)18-5-3-2-4-6-18/h2-6,11,14,17,20H,7-10,12-13,15H2,1H3,(H,21,25). The Morgan fingerprint density at radius 3 is 2.92 bits per heavy atom. The van der Waals surface area contributed by atoms with E-state index >= 15 is 0 Å². The minimum atomic E-state index is 0.0646. The van der Waals surface area contributed by atoms with E-state index in [0.29, 0.717) is 12.5 Å². The maximum atomic E-state index is 12.0. The molecule has 0 bridgehead atoms. The average Bonchev–Trinajstić information content (AvgIpc) is 3.27. The van der Waals surface area contributed by atoms with Crippen LogP contribution in [0, 0.1) is 12.8 Å². The zero-order valence-corrected chi connectivity index (χ0v) is 14.8. The van der Waals surface area contributed by atoms with Crippen molar-refractivity contribution in [2.75, 3.05) is 37.6 Å². The molecular weight excluding hydrogens is 314 g/mol. The molecule has 0 radical (unpaired) electrons. The lowest BCUT2D eigenvalue weighted by Crippen LogP contribution is -2.38. The van der Waals surface area contributed by atoms with Gasteiger partial charge < -0.3 is 15.5 Å². The summed E-state index contributed by atoms with van der Waals surface area (Å²) in [4.78, 5) is 14.3. The Kier molecular flexibility index (Phi) is 6.06. The Morgan fingerprint density at radius 2 is 2.16 bits per heavy atom. The lowest BCUT2D eigenvalue weighted by molar-refractivity contribution is -0.120. The maximum absolute atomic E-state index is 12.0. The molecule has 1 fully saturated rings. The van der Waals surface area contributed by atoms with Crippen LogP contribution in [0.1, 0.15) is 12.0 Å². The molecule has 6 nitrogen and oxygen atoms in total. The molecule has 25 heavy (non-hydrogen) atoms. The van der Waals surface area contributed by atoms with E-state index < -0.39 is 0 Å². The highest BCUT2D eigenvalue weighted by atomic mass is 16.1. The first-order valence-corrected chi connectivity index (χ1v) is 8.97. The smallest absolute Gasteiger partial charge is 0.233 e. The third-order valence-corrected chi connectivity index (χ3v) is 4.56. The number of hydrogen-bond donors (Lipinski definition) is 2. The predicted molar refractivity (Wildman–Crippen MR) is 99.6 cm³/mol. The molecule has 2 heterocycles. The van der Waals surface area contributed by atoms with Crippen molar-refractivity contribution in [3.8, 4) is 0 Å². The molecule has 3 rings (SSSR count). The molecule has 6 heteroatoms. The van der Waals surface area contributed by atoms with Gasteiger partial charge in [0.05, 0.1) is 19.3 Å². The molecule has 2 aromatic rings. The summed E-state index contributed by atoms with van der Waals surface area (Å²) in [5, 5.41) is 10.4. The van der Waals surface area contributed by atoms with Gasteiger partial charge in [-0.2, -0.15) is 5.10 Å². The summed E-state index contributed by atoms with van der Waals surface area (Å²) >= 11 is 0. The van der Waals surface area contributed by atoms with Crippen LogP contribution in [0.5, 0.6) is 0 Å². The number of anilines is 1. The average molecular weight is 341 g/mol. The molecule has 0 aliphatic carbocycles. The topological polar surface area (TPSA) is 62.2 Å². The second kappa shape index (κ2) is 8.67. The van der Waals surface area contributed by atoms with Gasteiger partial charge in [0, 0.05) is 38.1 Å². The number of aromatic nitrogens is 2. The molecule has 0 spiro atoms.